The van der Waals surface area contributed by atoms with Gasteiger partial charge in [-0.05, 0) is 26.7 Å². The smallest absolute Gasteiger partial charge is 0.243 e. The summed E-state index contributed by atoms with van der Waals surface area (Å²) in [5.74, 6) is 1.07. The Morgan fingerprint density at radius 2 is 1.94 bits per heavy atom. The second-order valence-electron chi connectivity index (χ2n) is 4.46. The van der Waals surface area contributed by atoms with Crippen LogP contribution >= 0.6 is 11.6 Å². The molecule has 6 heteroatoms. The highest BCUT2D eigenvalue weighted by Crippen LogP contribution is 2.25. The molecule has 0 atom stereocenters. The van der Waals surface area contributed by atoms with Crippen molar-refractivity contribution in [2.24, 2.45) is 0 Å². The fraction of sp³-hybridized carbons (Fsp3) is 0.727. The lowest BCUT2D eigenvalue weighted by Gasteiger charge is -2.36. The first-order valence-electron chi connectivity index (χ1n) is 5.75. The molecule has 0 unspecified atom stereocenters. The van der Waals surface area contributed by atoms with Gasteiger partial charge in [-0.15, -0.1) is 16.7 Å². The zero-order chi connectivity index (χ0) is 12.3. The van der Waals surface area contributed by atoms with E-state index in [-0.39, 0.29) is 5.54 Å². The zero-order valence-electron chi connectivity index (χ0n) is 10.2. The monoisotopic (exact) mass is 256 g/mol. The van der Waals surface area contributed by atoms with Gasteiger partial charge in [0.1, 0.15) is 0 Å². The number of hydrogen-bond donors (Lipinski definition) is 1. The van der Waals surface area contributed by atoms with Gasteiger partial charge in [0, 0.05) is 19.1 Å². The van der Waals surface area contributed by atoms with Crippen molar-refractivity contribution in [3.05, 3.63) is 11.4 Å². The molecule has 1 saturated heterocycles. The molecule has 1 N–H and O–H groups in total. The number of halogens is 1. The first-order chi connectivity index (χ1) is 8.15. The van der Waals surface area contributed by atoms with Gasteiger partial charge in [-0.1, -0.05) is 0 Å². The molecule has 94 valence electrons. The predicted molar refractivity (Wildman–Crippen MR) is 66.4 cm³/mol. The van der Waals surface area contributed by atoms with Gasteiger partial charge in [0.15, 0.2) is 0 Å². The summed E-state index contributed by atoms with van der Waals surface area (Å²) < 4.78 is 5.35. The highest BCUT2D eigenvalue weighted by molar-refractivity contribution is 6.18. The molecule has 5 nitrogen and oxygen atoms in total. The third-order valence-electron chi connectivity index (χ3n) is 3.17. The first-order valence-corrected chi connectivity index (χ1v) is 6.28. The number of nitrogens with one attached hydrogen (secondary N) is 1. The number of aryl methyl sites for hydroxylation is 2. The van der Waals surface area contributed by atoms with Crippen LogP contribution in [0, 0.1) is 13.8 Å². The van der Waals surface area contributed by atoms with Crippen LogP contribution in [0.2, 0.25) is 0 Å². The van der Waals surface area contributed by atoms with Crippen LogP contribution < -0.4 is 5.32 Å². The van der Waals surface area contributed by atoms with Crippen molar-refractivity contribution in [2.75, 3.05) is 24.4 Å². The number of rotatable bonds is 3. The zero-order valence-corrected chi connectivity index (χ0v) is 10.9. The van der Waals surface area contributed by atoms with E-state index in [4.69, 9.17) is 16.3 Å². The van der Waals surface area contributed by atoms with Crippen molar-refractivity contribution in [3.63, 3.8) is 0 Å². The van der Waals surface area contributed by atoms with Gasteiger partial charge in [-0.2, -0.15) is 5.10 Å². The van der Waals surface area contributed by atoms with Gasteiger partial charge in [-0.3, -0.25) is 0 Å². The van der Waals surface area contributed by atoms with Crippen LogP contribution in [0.15, 0.2) is 0 Å². The Labute approximate surface area is 106 Å². The van der Waals surface area contributed by atoms with Crippen LogP contribution in [-0.2, 0) is 4.74 Å². The molecule has 17 heavy (non-hydrogen) atoms. The summed E-state index contributed by atoms with van der Waals surface area (Å²) in [5.41, 5.74) is 1.57. The third-order valence-corrected chi connectivity index (χ3v) is 3.69. The minimum atomic E-state index is -0.164. The van der Waals surface area contributed by atoms with Crippen LogP contribution in [-0.4, -0.2) is 39.8 Å². The average Bonchev–Trinajstić information content (AvgIpc) is 2.35. The number of aromatic nitrogens is 3. The van der Waals surface area contributed by atoms with Crippen LogP contribution in [0.25, 0.3) is 0 Å². The molecule has 1 fully saturated rings. The standard InChI is InChI=1S/C11H17ClN4O/c1-8-9(2)15-16-10(13-8)14-11(7-12)3-5-17-6-4-11/h3-7H2,1-2H3,(H,13,14,16). The number of hydrogen-bond acceptors (Lipinski definition) is 5. The Kier molecular flexibility index (Phi) is 3.79. The highest BCUT2D eigenvalue weighted by Gasteiger charge is 2.32. The SMILES string of the molecule is Cc1nnc(NC2(CCl)CCOCC2)nc1C. The maximum atomic E-state index is 6.06. The molecule has 2 rings (SSSR count). The molecule has 0 aliphatic carbocycles. The number of anilines is 1. The fourth-order valence-corrected chi connectivity index (χ4v) is 2.14. The summed E-state index contributed by atoms with van der Waals surface area (Å²) in [6.45, 7) is 5.26. The quantitative estimate of drug-likeness (QED) is 0.834. The molecule has 2 heterocycles. The van der Waals surface area contributed by atoms with Crippen LogP contribution in [0.5, 0.6) is 0 Å². The molecule has 0 radical (unpaired) electrons. The molecule has 1 aliphatic rings. The van der Waals surface area contributed by atoms with Gasteiger partial charge in [0.2, 0.25) is 5.95 Å². The Hall–Kier alpha value is -0.940. The van der Waals surface area contributed by atoms with Gasteiger partial charge in [0.25, 0.3) is 0 Å². The van der Waals surface area contributed by atoms with E-state index in [1.54, 1.807) is 0 Å². The van der Waals surface area contributed by atoms with Gasteiger partial charge in [-0.25, -0.2) is 4.98 Å². The van der Waals surface area contributed by atoms with E-state index in [2.05, 4.69) is 20.5 Å². The van der Waals surface area contributed by atoms with Crippen molar-refractivity contribution in [2.45, 2.75) is 32.2 Å². The second-order valence-corrected chi connectivity index (χ2v) is 4.72. The Bertz CT molecular complexity index is 393. The Morgan fingerprint density at radius 3 is 2.53 bits per heavy atom. The van der Waals surface area contributed by atoms with E-state index in [0.717, 1.165) is 37.4 Å². The minimum absolute atomic E-state index is 0.164. The average molecular weight is 257 g/mol. The number of ether oxygens (including phenoxy) is 1. The van der Waals surface area contributed by atoms with E-state index in [1.165, 1.54) is 0 Å². The predicted octanol–water partition coefficient (Wildman–Crippen LogP) is 1.69. The van der Waals surface area contributed by atoms with Crippen molar-refractivity contribution >= 4 is 17.5 Å². The van der Waals surface area contributed by atoms with Crippen LogP contribution in [0.1, 0.15) is 24.2 Å². The summed E-state index contributed by atoms with van der Waals surface area (Å²) in [6.07, 6.45) is 1.74. The fourth-order valence-electron chi connectivity index (χ4n) is 1.80. The lowest BCUT2D eigenvalue weighted by molar-refractivity contribution is 0.0665. The van der Waals surface area contributed by atoms with Crippen LogP contribution in [0.4, 0.5) is 5.95 Å². The maximum Gasteiger partial charge on any atom is 0.243 e. The van der Waals surface area contributed by atoms with Crippen molar-refractivity contribution < 1.29 is 4.74 Å². The van der Waals surface area contributed by atoms with Gasteiger partial charge >= 0.3 is 0 Å². The molecular formula is C11H17ClN4O. The van der Waals surface area contributed by atoms with E-state index in [0.29, 0.717) is 11.8 Å². The summed E-state index contributed by atoms with van der Waals surface area (Å²) in [4.78, 5) is 4.38. The molecule has 1 aromatic heterocycles. The molecule has 0 bridgehead atoms. The van der Waals surface area contributed by atoms with Gasteiger partial charge in [0.05, 0.1) is 16.9 Å². The molecule has 0 amide bonds. The van der Waals surface area contributed by atoms with E-state index in [1.807, 2.05) is 13.8 Å². The highest BCUT2D eigenvalue weighted by atomic mass is 35.5. The maximum absolute atomic E-state index is 6.06. The van der Waals surface area contributed by atoms with Crippen LogP contribution in [0.3, 0.4) is 0 Å². The molecular weight excluding hydrogens is 240 g/mol. The van der Waals surface area contributed by atoms with E-state index in [9.17, 15) is 0 Å². The summed E-state index contributed by atoms with van der Waals surface area (Å²) in [7, 11) is 0. The lowest BCUT2D eigenvalue weighted by Crippen LogP contribution is -2.46. The Balaban J connectivity index is 2.14. The van der Waals surface area contributed by atoms with E-state index < -0.39 is 0 Å². The topological polar surface area (TPSA) is 59.9 Å². The van der Waals surface area contributed by atoms with Gasteiger partial charge < -0.3 is 10.1 Å². The number of nitrogens with zero attached hydrogens (tertiary/aromatic N) is 3. The third kappa shape index (κ3) is 2.84. The Morgan fingerprint density at radius 1 is 1.24 bits per heavy atom. The van der Waals surface area contributed by atoms with Crippen molar-refractivity contribution in [1.29, 1.82) is 0 Å². The summed E-state index contributed by atoms with van der Waals surface area (Å²) in [6, 6.07) is 0. The number of alkyl halides is 1. The molecule has 1 aliphatic heterocycles. The molecule has 0 aromatic carbocycles. The first kappa shape index (κ1) is 12.5. The van der Waals surface area contributed by atoms with Crippen molar-refractivity contribution in [1.82, 2.24) is 15.2 Å². The minimum Gasteiger partial charge on any atom is -0.381 e. The largest absolute Gasteiger partial charge is 0.381 e. The molecule has 0 spiro atoms. The summed E-state index contributed by atoms with van der Waals surface area (Å²) >= 11 is 6.06. The lowest BCUT2D eigenvalue weighted by atomic mass is 9.92. The normalized spacial score (nSPS) is 19.0. The molecule has 0 saturated carbocycles. The van der Waals surface area contributed by atoms with Crippen molar-refractivity contribution in [3.8, 4) is 0 Å². The molecule has 1 aromatic rings. The summed E-state index contributed by atoms with van der Waals surface area (Å²) in [5, 5.41) is 11.4. The van der Waals surface area contributed by atoms with E-state index >= 15 is 0 Å². The second kappa shape index (κ2) is 5.14.